The number of rotatable bonds is 32. The molecular weight excluding hydrogens is 776 g/mol. The Morgan fingerprint density at radius 1 is 0.750 bits per heavy atom. The average molecular weight is 849 g/mol. The van der Waals surface area contributed by atoms with Crippen molar-refractivity contribution in [3.8, 4) is 0 Å². The average Bonchev–Trinajstić information content (AvgIpc) is 3.22. The van der Waals surface area contributed by atoms with Gasteiger partial charge in [0.1, 0.15) is 56.3 Å². The van der Waals surface area contributed by atoms with Gasteiger partial charge in [0.15, 0.2) is 6.29 Å². The molecule has 1 aromatic rings. The number of nitrogens with one attached hydrogen (secondary N) is 3. The number of unbranched alkanes of at least 4 members (excludes halogenated alkanes) is 14. The molecule has 1 aromatic carbocycles. The lowest BCUT2D eigenvalue weighted by molar-refractivity contribution is -0.262. The summed E-state index contributed by atoms with van der Waals surface area (Å²) in [6.07, 6.45) is 12.2. The van der Waals surface area contributed by atoms with E-state index in [4.69, 9.17) is 24.7 Å². The van der Waals surface area contributed by atoms with Crippen LogP contribution < -0.4 is 21.7 Å². The van der Waals surface area contributed by atoms with Gasteiger partial charge in [-0.1, -0.05) is 134 Å². The zero-order valence-electron chi connectivity index (χ0n) is 36.0. The van der Waals surface area contributed by atoms with E-state index in [0.717, 1.165) is 24.8 Å². The molecule has 0 saturated carbocycles. The molecule has 0 bridgehead atoms. The molecule has 2 rings (SSSR count). The summed E-state index contributed by atoms with van der Waals surface area (Å²) in [5.41, 5.74) is 6.26. The monoisotopic (exact) mass is 849 g/mol. The summed E-state index contributed by atoms with van der Waals surface area (Å²) < 4.78 is 21.7. The molecule has 1 saturated heterocycles. The van der Waals surface area contributed by atoms with Crippen molar-refractivity contribution >= 4 is 35.6 Å². The number of amides is 4. The van der Waals surface area contributed by atoms with Crippen LogP contribution in [0, 0.1) is 0 Å². The molecule has 0 aliphatic carbocycles. The van der Waals surface area contributed by atoms with Crippen molar-refractivity contribution in [1.29, 1.82) is 0 Å². The Morgan fingerprint density at radius 2 is 1.32 bits per heavy atom. The summed E-state index contributed by atoms with van der Waals surface area (Å²) >= 11 is 0. The molecule has 340 valence electrons. The van der Waals surface area contributed by atoms with Crippen LogP contribution in [0.15, 0.2) is 30.3 Å². The highest BCUT2D eigenvalue weighted by Gasteiger charge is 2.46. The maximum atomic E-state index is 13.1. The number of primary amides is 1. The smallest absolute Gasteiger partial charge is 0.306 e. The Balaban J connectivity index is 1.76. The second kappa shape index (κ2) is 30.8. The van der Waals surface area contributed by atoms with E-state index in [1.165, 1.54) is 77.6 Å². The van der Waals surface area contributed by atoms with Crippen LogP contribution in [-0.2, 0) is 54.3 Å². The highest BCUT2D eigenvalue weighted by Crippen LogP contribution is 2.24. The highest BCUT2D eigenvalue weighted by atomic mass is 16.6. The van der Waals surface area contributed by atoms with Crippen molar-refractivity contribution in [1.82, 2.24) is 16.0 Å². The molecule has 16 heteroatoms. The fourth-order valence-electron chi connectivity index (χ4n) is 6.94. The van der Waals surface area contributed by atoms with Crippen molar-refractivity contribution in [2.45, 2.75) is 192 Å². The van der Waals surface area contributed by atoms with Crippen LogP contribution in [0.4, 0.5) is 0 Å². The predicted octanol–water partition coefficient (Wildman–Crippen LogP) is 4.15. The largest absolute Gasteiger partial charge is 0.463 e. The third-order valence-corrected chi connectivity index (χ3v) is 10.5. The van der Waals surface area contributed by atoms with Crippen LogP contribution in [0.3, 0.4) is 0 Å². The van der Waals surface area contributed by atoms with Crippen molar-refractivity contribution in [2.24, 2.45) is 5.73 Å². The number of hydrogen-bond acceptors (Lipinski definition) is 12. The van der Waals surface area contributed by atoms with Crippen LogP contribution in [0.1, 0.15) is 148 Å². The fraction of sp³-hybridized carbons (Fsp3) is 0.727. The van der Waals surface area contributed by atoms with Crippen molar-refractivity contribution in [2.75, 3.05) is 13.2 Å². The summed E-state index contributed by atoms with van der Waals surface area (Å²) in [7, 11) is 0. The number of benzene rings is 1. The topological polar surface area (TPSA) is 242 Å². The lowest BCUT2D eigenvalue weighted by Crippen LogP contribution is -2.65. The van der Waals surface area contributed by atoms with Crippen LogP contribution >= 0.6 is 0 Å². The zero-order valence-corrected chi connectivity index (χ0v) is 36.0. The first-order valence-corrected chi connectivity index (χ1v) is 22.0. The quantitative estimate of drug-likeness (QED) is 0.0443. The van der Waals surface area contributed by atoms with Gasteiger partial charge in [-0.05, 0) is 24.8 Å². The lowest BCUT2D eigenvalue weighted by atomic mass is 9.96. The van der Waals surface area contributed by atoms with Crippen molar-refractivity contribution in [3.63, 3.8) is 0 Å². The first-order valence-electron chi connectivity index (χ1n) is 22.0. The van der Waals surface area contributed by atoms with E-state index in [2.05, 4.69) is 22.9 Å². The molecule has 0 spiro atoms. The van der Waals surface area contributed by atoms with Crippen molar-refractivity contribution in [3.05, 3.63) is 35.9 Å². The number of aliphatic hydroxyl groups is 2. The summed E-state index contributed by atoms with van der Waals surface area (Å²) in [5, 5.41) is 29.3. The van der Waals surface area contributed by atoms with Gasteiger partial charge in [0.25, 0.3) is 0 Å². The third-order valence-electron chi connectivity index (χ3n) is 10.5. The van der Waals surface area contributed by atoms with Gasteiger partial charge in [-0.25, -0.2) is 0 Å². The first kappa shape index (κ1) is 52.0. The minimum Gasteiger partial charge on any atom is -0.463 e. The minimum absolute atomic E-state index is 0.0441. The Hall–Kier alpha value is -4.12. The van der Waals surface area contributed by atoms with Gasteiger partial charge >= 0.3 is 11.9 Å². The molecule has 0 aromatic heterocycles. The highest BCUT2D eigenvalue weighted by molar-refractivity contribution is 5.92. The van der Waals surface area contributed by atoms with E-state index in [9.17, 15) is 39.0 Å². The minimum atomic E-state index is -1.68. The number of ether oxygens (including phenoxy) is 4. The number of carbonyl (C=O) groups excluding carboxylic acids is 6. The number of hydrogen-bond donors (Lipinski definition) is 6. The van der Waals surface area contributed by atoms with Gasteiger partial charge in [-0.15, -0.1) is 0 Å². The molecular formula is C44H72N4O12. The molecule has 1 aliphatic rings. The number of carbonyl (C=O) groups is 6. The molecule has 7 atom stereocenters. The van der Waals surface area contributed by atoms with E-state index in [1.807, 2.05) is 6.07 Å². The normalized spacial score (nSPS) is 19.7. The van der Waals surface area contributed by atoms with Crippen LogP contribution in [0.5, 0.6) is 0 Å². The molecule has 1 aliphatic heterocycles. The Labute approximate surface area is 355 Å². The maximum Gasteiger partial charge on any atom is 0.306 e. The second-order valence-electron chi connectivity index (χ2n) is 15.6. The van der Waals surface area contributed by atoms with Crippen LogP contribution in [-0.4, -0.2) is 102 Å². The zero-order chi connectivity index (χ0) is 44.1. The van der Waals surface area contributed by atoms with Gasteiger partial charge in [0, 0.05) is 19.8 Å². The Bertz CT molecular complexity index is 1420. The van der Waals surface area contributed by atoms with E-state index < -0.39 is 91.5 Å². The van der Waals surface area contributed by atoms with Gasteiger partial charge in [-0.3, -0.25) is 28.8 Å². The van der Waals surface area contributed by atoms with Gasteiger partial charge < -0.3 is 50.8 Å². The molecule has 16 nitrogen and oxygen atoms in total. The predicted molar refractivity (Wildman–Crippen MR) is 224 cm³/mol. The fourth-order valence-corrected chi connectivity index (χ4v) is 6.94. The Kier molecular flexibility index (Phi) is 26.7. The summed E-state index contributed by atoms with van der Waals surface area (Å²) in [6, 6.07) is 5.36. The van der Waals surface area contributed by atoms with Crippen LogP contribution in [0.25, 0.3) is 0 Å². The summed E-state index contributed by atoms with van der Waals surface area (Å²) in [4.78, 5) is 74.8. The van der Waals surface area contributed by atoms with Crippen molar-refractivity contribution < 1.29 is 57.9 Å². The molecule has 0 radical (unpaired) electrons. The maximum absolute atomic E-state index is 13.1. The number of aliphatic hydroxyl groups excluding tert-OH is 2. The van der Waals surface area contributed by atoms with Gasteiger partial charge in [0.2, 0.25) is 23.6 Å². The lowest BCUT2D eigenvalue weighted by Gasteiger charge is -2.42. The molecule has 1 unspecified atom stereocenters. The van der Waals surface area contributed by atoms with Gasteiger partial charge in [0.05, 0.1) is 0 Å². The molecule has 60 heavy (non-hydrogen) atoms. The number of nitrogens with two attached hydrogens (primary N) is 1. The van der Waals surface area contributed by atoms with Gasteiger partial charge in [-0.2, -0.15) is 0 Å². The molecule has 1 fully saturated rings. The van der Waals surface area contributed by atoms with E-state index in [-0.39, 0.29) is 32.3 Å². The molecule has 7 N–H and O–H groups in total. The third kappa shape index (κ3) is 21.9. The first-order chi connectivity index (χ1) is 28.9. The SMILES string of the molecule is CCCCCCCCCCCCCCCCCC(=O)OC[C@H]1OC(O)[C@H](NC(C)=O)[C@@H](OCC(=O)N[C@@H](CC)C(=O)N[C@H](CCC(=O)OCc2ccccc2)C(N)=O)[C@@H]1O. The second-order valence-corrected chi connectivity index (χ2v) is 15.6. The summed E-state index contributed by atoms with van der Waals surface area (Å²) in [5.74, 6) is -4.07. The van der Waals surface area contributed by atoms with Crippen LogP contribution in [0.2, 0.25) is 0 Å². The molecule has 4 amide bonds. The Morgan fingerprint density at radius 3 is 1.87 bits per heavy atom. The van der Waals surface area contributed by atoms with E-state index >= 15 is 0 Å². The number of esters is 2. The summed E-state index contributed by atoms with van der Waals surface area (Å²) in [6.45, 7) is 3.96. The van der Waals surface area contributed by atoms with E-state index in [0.29, 0.717) is 6.42 Å². The standard InChI is InChI=1S/C44H72N4O12/c1-4-6-7-8-9-10-11-12-13-14-15-16-17-18-22-25-37(51)58-29-35-40(53)41(39(44(56)60-35)46-31(3)49)59-30-36(50)47-33(5-2)43(55)48-34(42(45)54)26-27-38(52)57-28-32-23-20-19-21-24-32/h19-21,23-24,33-35,39-41,44,53,56H,4-18,22,25-30H2,1-3H3,(H2,45,54)(H,46,49)(H,47,50)(H,48,55)/t33-,34+,35+,39+,40+,41+,44?/m0/s1. The van der Waals surface area contributed by atoms with E-state index in [1.54, 1.807) is 31.2 Å². The molecule has 1 heterocycles.